The van der Waals surface area contributed by atoms with Crippen molar-refractivity contribution < 1.29 is 18.8 Å². The Hall–Kier alpha value is -3.74. The molecule has 0 bridgehead atoms. The number of carbonyl (C=O) groups is 3. The number of anilines is 2. The Morgan fingerprint density at radius 3 is 2.50 bits per heavy atom. The molecule has 0 spiro atoms. The highest BCUT2D eigenvalue weighted by atomic mass is 16.4. The van der Waals surface area contributed by atoms with Crippen molar-refractivity contribution in [3.8, 4) is 0 Å². The summed E-state index contributed by atoms with van der Waals surface area (Å²) < 4.78 is 5.19. The number of amides is 3. The third kappa shape index (κ3) is 3.18. The lowest BCUT2D eigenvalue weighted by molar-refractivity contribution is -0.121. The first-order chi connectivity index (χ1) is 13.4. The molecule has 3 aromatic rings. The molecule has 0 saturated carbocycles. The fraction of sp³-hybridized carbons (Fsp3) is 0.143. The number of benzene rings is 2. The molecule has 0 unspecified atom stereocenters. The van der Waals surface area contributed by atoms with Crippen molar-refractivity contribution in [2.75, 3.05) is 10.2 Å². The zero-order valence-electron chi connectivity index (χ0n) is 15.0. The quantitative estimate of drug-likeness (QED) is 0.560. The molecule has 0 aliphatic carbocycles. The standard InChI is InChI=1S/C21H16N2O5/c1-12-9-20(26)28-17-11-14(5-6-16(12)17)22-21(27)13-3-2-4-15(10-13)23-18(24)7-8-19(23)25/h2-6,9-11H,7-8H2,1H3,(H,22,27). The normalized spacial score (nSPS) is 14.0. The highest BCUT2D eigenvalue weighted by molar-refractivity contribution is 6.20. The number of hydrogen-bond acceptors (Lipinski definition) is 5. The summed E-state index contributed by atoms with van der Waals surface area (Å²) in [5.41, 5.74) is 1.85. The van der Waals surface area contributed by atoms with Gasteiger partial charge in [-0.1, -0.05) is 6.07 Å². The van der Waals surface area contributed by atoms with Crippen molar-refractivity contribution in [3.05, 3.63) is 70.1 Å². The minimum atomic E-state index is -0.457. The van der Waals surface area contributed by atoms with Gasteiger partial charge in [-0.3, -0.25) is 19.3 Å². The van der Waals surface area contributed by atoms with E-state index in [1.165, 1.54) is 12.1 Å². The first-order valence-corrected chi connectivity index (χ1v) is 8.74. The van der Waals surface area contributed by atoms with Gasteiger partial charge in [0.25, 0.3) is 5.91 Å². The van der Waals surface area contributed by atoms with E-state index < -0.39 is 11.5 Å². The van der Waals surface area contributed by atoms with Gasteiger partial charge in [-0.2, -0.15) is 0 Å². The largest absolute Gasteiger partial charge is 0.423 e. The lowest BCUT2D eigenvalue weighted by Crippen LogP contribution is -2.28. The van der Waals surface area contributed by atoms with Gasteiger partial charge in [-0.25, -0.2) is 4.79 Å². The third-order valence-electron chi connectivity index (χ3n) is 4.63. The molecule has 1 aromatic heterocycles. The molecule has 7 nitrogen and oxygen atoms in total. The van der Waals surface area contributed by atoms with Gasteiger partial charge in [0.05, 0.1) is 5.69 Å². The van der Waals surface area contributed by atoms with Crippen LogP contribution in [0.5, 0.6) is 0 Å². The molecule has 7 heteroatoms. The molecule has 3 amide bonds. The summed E-state index contributed by atoms with van der Waals surface area (Å²) in [4.78, 5) is 49.1. The monoisotopic (exact) mass is 376 g/mol. The summed E-state index contributed by atoms with van der Waals surface area (Å²) in [6, 6.07) is 12.8. The molecule has 2 heterocycles. The van der Waals surface area contributed by atoms with Crippen LogP contribution in [0.15, 0.2) is 57.7 Å². The molecule has 0 radical (unpaired) electrons. The summed E-state index contributed by atoms with van der Waals surface area (Å²) in [6.07, 6.45) is 0.355. The molecule has 1 aliphatic heterocycles. The predicted molar refractivity (Wildman–Crippen MR) is 103 cm³/mol. The Labute approximate surface area is 159 Å². The van der Waals surface area contributed by atoms with E-state index in [1.807, 2.05) is 6.92 Å². The molecule has 140 valence electrons. The van der Waals surface area contributed by atoms with Crippen LogP contribution in [0.1, 0.15) is 28.8 Å². The topological polar surface area (TPSA) is 96.7 Å². The molecule has 2 aromatic carbocycles. The molecular formula is C21H16N2O5. The number of hydrogen-bond donors (Lipinski definition) is 1. The second-order valence-electron chi connectivity index (χ2n) is 6.59. The second kappa shape index (κ2) is 6.77. The molecule has 0 atom stereocenters. The van der Waals surface area contributed by atoms with Crippen molar-refractivity contribution in [1.82, 2.24) is 0 Å². The van der Waals surface area contributed by atoms with Crippen molar-refractivity contribution in [3.63, 3.8) is 0 Å². The predicted octanol–water partition coefficient (Wildman–Crippen LogP) is 3.01. The average molecular weight is 376 g/mol. The fourth-order valence-electron chi connectivity index (χ4n) is 3.26. The summed E-state index contributed by atoms with van der Waals surface area (Å²) >= 11 is 0. The van der Waals surface area contributed by atoms with Crippen LogP contribution in [0.4, 0.5) is 11.4 Å². The van der Waals surface area contributed by atoms with Crippen LogP contribution in [-0.4, -0.2) is 17.7 Å². The Balaban J connectivity index is 1.61. The van der Waals surface area contributed by atoms with E-state index in [2.05, 4.69) is 5.32 Å². The molecule has 4 rings (SSSR count). The average Bonchev–Trinajstić information content (AvgIpc) is 2.99. The maximum Gasteiger partial charge on any atom is 0.336 e. The Morgan fingerprint density at radius 2 is 1.75 bits per heavy atom. The van der Waals surface area contributed by atoms with Gasteiger partial charge in [0.15, 0.2) is 0 Å². The van der Waals surface area contributed by atoms with Gasteiger partial charge in [0.2, 0.25) is 11.8 Å². The zero-order valence-corrected chi connectivity index (χ0v) is 15.0. The molecule has 1 N–H and O–H groups in total. The first-order valence-electron chi connectivity index (χ1n) is 8.74. The molecule has 1 aliphatic rings. The number of imide groups is 1. The van der Waals surface area contributed by atoms with E-state index in [0.717, 1.165) is 15.8 Å². The highest BCUT2D eigenvalue weighted by Crippen LogP contribution is 2.25. The Morgan fingerprint density at radius 1 is 1.00 bits per heavy atom. The lowest BCUT2D eigenvalue weighted by Gasteiger charge is -2.15. The van der Waals surface area contributed by atoms with E-state index in [4.69, 9.17) is 4.42 Å². The summed E-state index contributed by atoms with van der Waals surface area (Å²) in [5, 5.41) is 3.52. The van der Waals surface area contributed by atoms with Crippen LogP contribution in [-0.2, 0) is 9.59 Å². The van der Waals surface area contributed by atoms with Gasteiger partial charge >= 0.3 is 5.63 Å². The van der Waals surface area contributed by atoms with E-state index >= 15 is 0 Å². The molecule has 1 fully saturated rings. The molecular weight excluding hydrogens is 360 g/mol. The van der Waals surface area contributed by atoms with Gasteiger partial charge in [0, 0.05) is 41.6 Å². The Kier molecular flexibility index (Phi) is 4.27. The number of nitrogens with one attached hydrogen (secondary N) is 1. The van der Waals surface area contributed by atoms with E-state index in [-0.39, 0.29) is 24.7 Å². The van der Waals surface area contributed by atoms with Crippen LogP contribution >= 0.6 is 0 Å². The van der Waals surface area contributed by atoms with Crippen LogP contribution in [0.3, 0.4) is 0 Å². The smallest absolute Gasteiger partial charge is 0.336 e. The van der Waals surface area contributed by atoms with Gasteiger partial charge in [-0.05, 0) is 42.8 Å². The van der Waals surface area contributed by atoms with E-state index in [1.54, 1.807) is 36.4 Å². The lowest BCUT2D eigenvalue weighted by atomic mass is 10.1. The highest BCUT2D eigenvalue weighted by Gasteiger charge is 2.30. The summed E-state index contributed by atoms with van der Waals surface area (Å²) in [5.74, 6) is -0.958. The number of rotatable bonds is 3. The van der Waals surface area contributed by atoms with Crippen LogP contribution in [0.25, 0.3) is 11.0 Å². The Bertz CT molecular complexity index is 1180. The van der Waals surface area contributed by atoms with Crippen molar-refractivity contribution >= 4 is 40.1 Å². The molecule has 28 heavy (non-hydrogen) atoms. The third-order valence-corrected chi connectivity index (χ3v) is 4.63. The molecule has 1 saturated heterocycles. The van der Waals surface area contributed by atoms with Gasteiger partial charge in [0.1, 0.15) is 5.58 Å². The zero-order chi connectivity index (χ0) is 19.8. The number of carbonyl (C=O) groups excluding carboxylic acids is 3. The van der Waals surface area contributed by atoms with E-state index in [9.17, 15) is 19.2 Å². The minimum Gasteiger partial charge on any atom is -0.423 e. The van der Waals surface area contributed by atoms with Crippen molar-refractivity contribution in [2.24, 2.45) is 0 Å². The van der Waals surface area contributed by atoms with Gasteiger partial charge in [-0.15, -0.1) is 0 Å². The van der Waals surface area contributed by atoms with Crippen molar-refractivity contribution in [1.29, 1.82) is 0 Å². The summed E-state index contributed by atoms with van der Waals surface area (Å²) in [6.45, 7) is 1.81. The maximum atomic E-state index is 12.6. The van der Waals surface area contributed by atoms with Crippen LogP contribution in [0.2, 0.25) is 0 Å². The second-order valence-corrected chi connectivity index (χ2v) is 6.59. The summed E-state index contributed by atoms with van der Waals surface area (Å²) in [7, 11) is 0. The SMILES string of the molecule is Cc1cc(=O)oc2cc(NC(=O)c3cccc(N4C(=O)CCC4=O)c3)ccc12. The van der Waals surface area contributed by atoms with Crippen LogP contribution < -0.4 is 15.8 Å². The van der Waals surface area contributed by atoms with Gasteiger partial charge < -0.3 is 9.73 Å². The number of aryl methyl sites for hydroxylation is 1. The van der Waals surface area contributed by atoms with Crippen LogP contribution in [0, 0.1) is 6.92 Å². The maximum absolute atomic E-state index is 12.6. The fourth-order valence-corrected chi connectivity index (χ4v) is 3.26. The number of fused-ring (bicyclic) bond motifs is 1. The van der Waals surface area contributed by atoms with Crippen molar-refractivity contribution in [2.45, 2.75) is 19.8 Å². The number of nitrogens with zero attached hydrogens (tertiary/aromatic N) is 1. The first kappa shape index (κ1) is 17.7. The van der Waals surface area contributed by atoms with E-state index in [0.29, 0.717) is 22.5 Å². The minimum absolute atomic E-state index is 0.178.